The summed E-state index contributed by atoms with van der Waals surface area (Å²) in [5, 5.41) is 4.80. The van der Waals surface area contributed by atoms with Gasteiger partial charge in [0.15, 0.2) is 5.69 Å². The minimum atomic E-state index is -0.283. The van der Waals surface area contributed by atoms with E-state index in [1.807, 2.05) is 39.9 Å². The molecule has 33 heavy (non-hydrogen) atoms. The molecule has 7 heteroatoms. The molecule has 0 radical (unpaired) electrons. The number of morpholine rings is 1. The lowest BCUT2D eigenvalue weighted by molar-refractivity contribution is 0.0391. The third kappa shape index (κ3) is 4.70. The number of ether oxygens (including phenoxy) is 1. The summed E-state index contributed by atoms with van der Waals surface area (Å²) >= 11 is 0. The molecular weight excluding hydrogens is 419 g/mol. The van der Waals surface area contributed by atoms with Gasteiger partial charge in [-0.05, 0) is 62.1 Å². The van der Waals surface area contributed by atoms with Gasteiger partial charge in [0.2, 0.25) is 0 Å². The van der Waals surface area contributed by atoms with Crippen LogP contribution in [0.5, 0.6) is 0 Å². The second-order valence-corrected chi connectivity index (χ2v) is 8.62. The van der Waals surface area contributed by atoms with Crippen molar-refractivity contribution in [1.82, 2.24) is 14.7 Å². The van der Waals surface area contributed by atoms with Crippen LogP contribution in [-0.2, 0) is 17.6 Å². The first-order chi connectivity index (χ1) is 16.2. The number of halogens is 1. The van der Waals surface area contributed by atoms with Gasteiger partial charge in [-0.1, -0.05) is 18.2 Å². The van der Waals surface area contributed by atoms with Gasteiger partial charge in [-0.15, -0.1) is 0 Å². The van der Waals surface area contributed by atoms with Gasteiger partial charge in [-0.2, -0.15) is 5.10 Å². The fourth-order valence-corrected chi connectivity index (χ4v) is 4.72. The van der Waals surface area contributed by atoms with Crippen LogP contribution >= 0.6 is 0 Å². The Bertz CT molecular complexity index is 1090. The third-order valence-corrected chi connectivity index (χ3v) is 6.51. The fraction of sp³-hybridized carbons (Fsp3) is 0.385. The van der Waals surface area contributed by atoms with E-state index in [4.69, 9.17) is 9.84 Å². The van der Waals surface area contributed by atoms with E-state index in [-0.39, 0.29) is 11.7 Å². The van der Waals surface area contributed by atoms with Crippen molar-refractivity contribution >= 4 is 11.6 Å². The highest BCUT2D eigenvalue weighted by Crippen LogP contribution is 2.29. The van der Waals surface area contributed by atoms with Crippen LogP contribution in [0.15, 0.2) is 54.6 Å². The van der Waals surface area contributed by atoms with Crippen LogP contribution in [-0.4, -0.2) is 60.0 Å². The molecule has 1 aliphatic heterocycles. The molecule has 0 bridgehead atoms. The number of rotatable bonds is 6. The maximum absolute atomic E-state index is 13.9. The molecule has 0 atom stereocenters. The number of para-hydroxylation sites is 1. The Morgan fingerprint density at radius 1 is 1.00 bits per heavy atom. The summed E-state index contributed by atoms with van der Waals surface area (Å²) in [5.74, 6) is -0.358. The number of anilines is 1. The number of aromatic nitrogens is 2. The van der Waals surface area contributed by atoms with Crippen LogP contribution in [0.3, 0.4) is 0 Å². The number of benzene rings is 2. The predicted octanol–water partition coefficient (Wildman–Crippen LogP) is 3.87. The average Bonchev–Trinajstić information content (AvgIpc) is 3.26. The van der Waals surface area contributed by atoms with Crippen molar-refractivity contribution in [2.45, 2.75) is 25.7 Å². The first-order valence-electron chi connectivity index (χ1n) is 11.7. The first kappa shape index (κ1) is 21.8. The molecule has 0 N–H and O–H groups in total. The Morgan fingerprint density at radius 3 is 2.48 bits per heavy atom. The van der Waals surface area contributed by atoms with Crippen molar-refractivity contribution in [3.63, 3.8) is 0 Å². The molecule has 0 spiro atoms. The Labute approximate surface area is 193 Å². The largest absolute Gasteiger partial charge is 0.379 e. The van der Waals surface area contributed by atoms with Gasteiger partial charge in [-0.3, -0.25) is 9.69 Å². The molecule has 2 heterocycles. The Balaban J connectivity index is 1.48. The lowest BCUT2D eigenvalue weighted by atomic mass is 9.95. The van der Waals surface area contributed by atoms with Crippen LogP contribution in [0.2, 0.25) is 0 Å². The summed E-state index contributed by atoms with van der Waals surface area (Å²) in [4.78, 5) is 18.1. The molecule has 2 aliphatic rings. The predicted molar refractivity (Wildman–Crippen MR) is 126 cm³/mol. The molecule has 0 saturated carbocycles. The summed E-state index contributed by atoms with van der Waals surface area (Å²) in [7, 11) is 0. The lowest BCUT2D eigenvalue weighted by Crippen LogP contribution is -2.43. The number of fused-ring (bicyclic) bond motifs is 1. The molecule has 1 aliphatic carbocycles. The highest BCUT2D eigenvalue weighted by Gasteiger charge is 2.29. The Hall–Kier alpha value is -3.03. The highest BCUT2D eigenvalue weighted by molar-refractivity contribution is 6.06. The van der Waals surface area contributed by atoms with Crippen LogP contribution in [0.25, 0.3) is 5.69 Å². The zero-order valence-corrected chi connectivity index (χ0v) is 18.8. The van der Waals surface area contributed by atoms with Crippen molar-refractivity contribution in [2.75, 3.05) is 44.3 Å². The number of hydrogen-bond acceptors (Lipinski definition) is 4. The molecule has 2 aromatic carbocycles. The van der Waals surface area contributed by atoms with Crippen LogP contribution < -0.4 is 4.90 Å². The minimum absolute atomic E-state index is 0.0755. The average molecular weight is 449 g/mol. The van der Waals surface area contributed by atoms with Gasteiger partial charge in [0.05, 0.1) is 18.9 Å². The second kappa shape index (κ2) is 9.85. The molecular formula is C26H29FN4O2. The van der Waals surface area contributed by atoms with E-state index in [2.05, 4.69) is 4.90 Å². The van der Waals surface area contributed by atoms with E-state index in [1.54, 1.807) is 12.1 Å². The topological polar surface area (TPSA) is 50.6 Å². The molecule has 1 aromatic heterocycles. The third-order valence-electron chi connectivity index (χ3n) is 6.51. The van der Waals surface area contributed by atoms with E-state index in [9.17, 15) is 9.18 Å². The van der Waals surface area contributed by atoms with Gasteiger partial charge < -0.3 is 9.64 Å². The normalized spacial score (nSPS) is 16.4. The van der Waals surface area contributed by atoms with Gasteiger partial charge in [-0.25, -0.2) is 9.07 Å². The zero-order valence-electron chi connectivity index (χ0n) is 18.8. The molecule has 3 aromatic rings. The maximum atomic E-state index is 13.9. The van der Waals surface area contributed by atoms with Crippen molar-refractivity contribution in [1.29, 1.82) is 0 Å². The number of carbonyl (C=O) groups excluding carboxylic acids is 1. The molecule has 1 saturated heterocycles. The van der Waals surface area contributed by atoms with Crippen LogP contribution in [0.1, 0.15) is 34.6 Å². The monoisotopic (exact) mass is 448 g/mol. The number of carbonyl (C=O) groups is 1. The zero-order chi connectivity index (χ0) is 22.6. The quantitative estimate of drug-likeness (QED) is 0.575. The smallest absolute Gasteiger partial charge is 0.279 e. The van der Waals surface area contributed by atoms with Gasteiger partial charge in [0.1, 0.15) is 5.82 Å². The van der Waals surface area contributed by atoms with Gasteiger partial charge in [0.25, 0.3) is 5.91 Å². The van der Waals surface area contributed by atoms with Crippen LogP contribution in [0.4, 0.5) is 10.1 Å². The number of hydrogen-bond donors (Lipinski definition) is 0. The fourth-order valence-electron chi connectivity index (χ4n) is 4.72. The molecule has 172 valence electrons. The van der Waals surface area contributed by atoms with E-state index >= 15 is 0 Å². The summed E-state index contributed by atoms with van der Waals surface area (Å²) in [6.07, 6.45) is 3.81. The van der Waals surface area contributed by atoms with Gasteiger partial charge in [0, 0.05) is 43.1 Å². The lowest BCUT2D eigenvalue weighted by Gasteiger charge is -2.30. The number of amides is 1. The van der Waals surface area contributed by atoms with Crippen molar-refractivity contribution in [3.8, 4) is 5.69 Å². The first-order valence-corrected chi connectivity index (χ1v) is 11.7. The maximum Gasteiger partial charge on any atom is 0.279 e. The SMILES string of the molecule is O=C(c1nn(-c2ccc(F)cc2)c2c1CCCC2)N(CCN1CCOCC1)c1ccccc1. The van der Waals surface area contributed by atoms with E-state index in [1.165, 1.54) is 12.1 Å². The Kier molecular flexibility index (Phi) is 6.51. The van der Waals surface area contributed by atoms with Crippen molar-refractivity contribution < 1.29 is 13.9 Å². The van der Waals surface area contributed by atoms with E-state index in [0.29, 0.717) is 12.2 Å². The van der Waals surface area contributed by atoms with E-state index < -0.39 is 0 Å². The van der Waals surface area contributed by atoms with Crippen LogP contribution in [0, 0.1) is 5.82 Å². The Morgan fingerprint density at radius 2 is 1.73 bits per heavy atom. The number of nitrogens with zero attached hydrogens (tertiary/aromatic N) is 4. The molecule has 1 amide bonds. The van der Waals surface area contributed by atoms with Crippen molar-refractivity contribution in [3.05, 3.63) is 77.4 Å². The molecule has 0 unspecified atom stereocenters. The summed E-state index contributed by atoms with van der Waals surface area (Å²) in [6, 6.07) is 16.1. The summed E-state index contributed by atoms with van der Waals surface area (Å²) in [5.41, 5.74) is 4.27. The van der Waals surface area contributed by atoms with Gasteiger partial charge >= 0.3 is 0 Å². The van der Waals surface area contributed by atoms with E-state index in [0.717, 1.165) is 81.2 Å². The second-order valence-electron chi connectivity index (χ2n) is 8.62. The highest BCUT2D eigenvalue weighted by atomic mass is 19.1. The summed E-state index contributed by atoms with van der Waals surface area (Å²) < 4.78 is 20.8. The standard InChI is InChI=1S/C26H29FN4O2/c27-20-10-12-22(13-11-20)31-24-9-5-4-8-23(24)25(28-31)26(32)30(21-6-2-1-3-7-21)15-14-29-16-18-33-19-17-29/h1-3,6-7,10-13H,4-5,8-9,14-19H2. The molecule has 5 rings (SSSR count). The van der Waals surface area contributed by atoms with Crippen molar-refractivity contribution in [2.24, 2.45) is 0 Å². The minimum Gasteiger partial charge on any atom is -0.379 e. The molecule has 6 nitrogen and oxygen atoms in total. The molecule has 1 fully saturated rings. The summed E-state index contributed by atoms with van der Waals surface area (Å²) in [6.45, 7) is 4.59.